The highest BCUT2D eigenvalue weighted by Gasteiger charge is 2.21. The number of rotatable bonds is 8. The van der Waals surface area contributed by atoms with Crippen molar-refractivity contribution in [1.29, 1.82) is 0 Å². The van der Waals surface area contributed by atoms with E-state index in [1.54, 1.807) is 24.3 Å². The zero-order valence-electron chi connectivity index (χ0n) is 13.6. The summed E-state index contributed by atoms with van der Waals surface area (Å²) in [6.07, 6.45) is 2.14. The van der Waals surface area contributed by atoms with Gasteiger partial charge in [-0.25, -0.2) is 0 Å². The summed E-state index contributed by atoms with van der Waals surface area (Å²) >= 11 is 0. The largest absolute Gasteiger partial charge is 0.340 e. The van der Waals surface area contributed by atoms with Crippen molar-refractivity contribution in [1.82, 2.24) is 5.32 Å². The van der Waals surface area contributed by atoms with E-state index in [1.807, 2.05) is 36.4 Å². The number of benzene rings is 2. The summed E-state index contributed by atoms with van der Waals surface area (Å²) in [5.74, 6) is -0.473. The lowest BCUT2D eigenvalue weighted by Crippen LogP contribution is -2.43. The molecule has 5 nitrogen and oxygen atoms in total. The molecule has 0 heterocycles. The highest BCUT2D eigenvalue weighted by Crippen LogP contribution is 2.09. The second-order valence-electron chi connectivity index (χ2n) is 5.53. The van der Waals surface area contributed by atoms with Gasteiger partial charge in [-0.2, -0.15) is 0 Å². The molecule has 24 heavy (non-hydrogen) atoms. The molecule has 2 aromatic rings. The van der Waals surface area contributed by atoms with Gasteiger partial charge in [0.15, 0.2) is 0 Å². The lowest BCUT2D eigenvalue weighted by Gasteiger charge is -2.18. The van der Waals surface area contributed by atoms with E-state index in [-0.39, 0.29) is 11.8 Å². The highest BCUT2D eigenvalue weighted by atomic mass is 16.2. The second kappa shape index (κ2) is 9.47. The Bertz CT molecular complexity index is 644. The number of hydrogen-bond acceptors (Lipinski definition) is 3. The van der Waals surface area contributed by atoms with Gasteiger partial charge in [-0.1, -0.05) is 36.4 Å². The van der Waals surface area contributed by atoms with Crippen molar-refractivity contribution in [3.05, 3.63) is 66.2 Å². The second-order valence-corrected chi connectivity index (χ2v) is 5.53. The molecule has 0 aliphatic heterocycles. The zero-order valence-corrected chi connectivity index (χ0v) is 13.6. The van der Waals surface area contributed by atoms with Gasteiger partial charge >= 0.3 is 0 Å². The number of amides is 2. The molecule has 0 radical (unpaired) electrons. The Labute approximate surface area is 142 Å². The van der Waals surface area contributed by atoms with Crippen LogP contribution in [0.5, 0.6) is 0 Å². The van der Waals surface area contributed by atoms with E-state index < -0.39 is 6.04 Å². The van der Waals surface area contributed by atoms with Gasteiger partial charge in [-0.05, 0) is 50.1 Å². The van der Waals surface area contributed by atoms with Gasteiger partial charge in [0.25, 0.3) is 5.91 Å². The normalized spacial score (nSPS) is 11.5. The van der Waals surface area contributed by atoms with E-state index in [9.17, 15) is 9.59 Å². The number of para-hydroxylation sites is 1. The SMILES string of the molecule is NCCCC[C@H](NC(=O)c1ccccc1)C(=O)Nc1ccccc1. The van der Waals surface area contributed by atoms with Crippen LogP contribution in [0.2, 0.25) is 0 Å². The Kier molecular flexibility index (Phi) is 6.98. The smallest absolute Gasteiger partial charge is 0.251 e. The molecule has 0 unspecified atom stereocenters. The summed E-state index contributed by atoms with van der Waals surface area (Å²) in [7, 11) is 0. The predicted molar refractivity (Wildman–Crippen MR) is 95.7 cm³/mol. The van der Waals surface area contributed by atoms with Crippen molar-refractivity contribution < 1.29 is 9.59 Å². The summed E-state index contributed by atoms with van der Waals surface area (Å²) < 4.78 is 0. The fraction of sp³-hybridized carbons (Fsp3) is 0.263. The standard InChI is InChI=1S/C19H23N3O2/c20-14-8-7-13-17(19(24)21-16-11-5-2-6-12-16)22-18(23)15-9-3-1-4-10-15/h1-6,9-12,17H,7-8,13-14,20H2,(H,21,24)(H,22,23)/t17-/m0/s1. The molecule has 0 fully saturated rings. The third-order valence-corrected chi connectivity index (χ3v) is 3.65. The van der Waals surface area contributed by atoms with Crippen LogP contribution in [0.25, 0.3) is 0 Å². The number of nitrogens with two attached hydrogens (primary N) is 1. The van der Waals surface area contributed by atoms with Gasteiger partial charge in [0.1, 0.15) is 6.04 Å². The quantitative estimate of drug-likeness (QED) is 0.652. The van der Waals surface area contributed by atoms with E-state index in [2.05, 4.69) is 10.6 Å². The molecule has 0 saturated heterocycles. The molecule has 0 aromatic heterocycles. The first-order valence-electron chi connectivity index (χ1n) is 8.12. The number of nitrogens with one attached hydrogen (secondary N) is 2. The Morgan fingerprint density at radius 2 is 1.54 bits per heavy atom. The van der Waals surface area contributed by atoms with Crippen LogP contribution in [-0.4, -0.2) is 24.4 Å². The van der Waals surface area contributed by atoms with Crippen LogP contribution in [0.3, 0.4) is 0 Å². The summed E-state index contributed by atoms with van der Waals surface area (Å²) in [6.45, 7) is 0.569. The van der Waals surface area contributed by atoms with Gasteiger partial charge in [0, 0.05) is 11.3 Å². The minimum absolute atomic E-state index is 0.220. The maximum Gasteiger partial charge on any atom is 0.251 e. The fourth-order valence-corrected chi connectivity index (χ4v) is 2.34. The molecule has 126 valence electrons. The van der Waals surface area contributed by atoms with Crippen molar-refractivity contribution in [2.75, 3.05) is 11.9 Å². The Balaban J connectivity index is 2.03. The van der Waals surface area contributed by atoms with E-state index in [0.29, 0.717) is 24.2 Å². The minimum Gasteiger partial charge on any atom is -0.340 e. The van der Waals surface area contributed by atoms with Crippen LogP contribution >= 0.6 is 0 Å². The highest BCUT2D eigenvalue weighted by molar-refractivity contribution is 6.01. The van der Waals surface area contributed by atoms with Gasteiger partial charge in [0.2, 0.25) is 5.91 Å². The molecule has 0 aliphatic rings. The molecule has 0 bridgehead atoms. The molecule has 2 aromatic carbocycles. The van der Waals surface area contributed by atoms with Crippen molar-refractivity contribution >= 4 is 17.5 Å². The van der Waals surface area contributed by atoms with Gasteiger partial charge in [0.05, 0.1) is 0 Å². The van der Waals surface area contributed by atoms with Gasteiger partial charge < -0.3 is 16.4 Å². The topological polar surface area (TPSA) is 84.2 Å². The van der Waals surface area contributed by atoms with Crippen molar-refractivity contribution in [2.45, 2.75) is 25.3 Å². The predicted octanol–water partition coefficient (Wildman–Crippen LogP) is 2.55. The Morgan fingerprint density at radius 3 is 2.17 bits per heavy atom. The van der Waals surface area contributed by atoms with Gasteiger partial charge in [-0.15, -0.1) is 0 Å². The Hall–Kier alpha value is -2.66. The first-order chi connectivity index (χ1) is 11.7. The molecule has 5 heteroatoms. The third kappa shape index (κ3) is 5.52. The van der Waals surface area contributed by atoms with Crippen LogP contribution in [0.4, 0.5) is 5.69 Å². The molecule has 2 rings (SSSR count). The monoisotopic (exact) mass is 325 g/mol. The zero-order chi connectivity index (χ0) is 17.2. The average Bonchev–Trinajstić information content (AvgIpc) is 2.62. The molecule has 0 spiro atoms. The lowest BCUT2D eigenvalue weighted by atomic mass is 10.1. The molecule has 1 atom stereocenters. The molecule has 2 amide bonds. The van der Waals surface area contributed by atoms with Crippen LogP contribution in [0, 0.1) is 0 Å². The summed E-state index contributed by atoms with van der Waals surface area (Å²) in [5.41, 5.74) is 6.76. The molecular weight excluding hydrogens is 302 g/mol. The third-order valence-electron chi connectivity index (χ3n) is 3.65. The number of carbonyl (C=O) groups excluding carboxylic acids is 2. The number of unbranched alkanes of at least 4 members (excludes halogenated alkanes) is 1. The maximum absolute atomic E-state index is 12.5. The number of hydrogen-bond donors (Lipinski definition) is 3. The van der Waals surface area contributed by atoms with Crippen LogP contribution < -0.4 is 16.4 Å². The molecule has 0 aliphatic carbocycles. The minimum atomic E-state index is -0.593. The van der Waals surface area contributed by atoms with E-state index in [4.69, 9.17) is 5.73 Å². The number of anilines is 1. The fourth-order valence-electron chi connectivity index (χ4n) is 2.34. The number of carbonyl (C=O) groups is 2. The summed E-state index contributed by atoms with van der Waals surface area (Å²) in [5, 5.41) is 5.66. The van der Waals surface area contributed by atoms with Crippen LogP contribution in [0.1, 0.15) is 29.6 Å². The molecular formula is C19H23N3O2. The summed E-state index contributed by atoms with van der Waals surface area (Å²) in [6, 6.07) is 17.5. The van der Waals surface area contributed by atoms with Crippen molar-refractivity contribution in [3.8, 4) is 0 Å². The van der Waals surface area contributed by atoms with Crippen LogP contribution in [0.15, 0.2) is 60.7 Å². The van der Waals surface area contributed by atoms with Crippen molar-refractivity contribution in [3.63, 3.8) is 0 Å². The lowest BCUT2D eigenvalue weighted by molar-refractivity contribution is -0.118. The maximum atomic E-state index is 12.5. The first-order valence-corrected chi connectivity index (χ1v) is 8.12. The molecule has 4 N–H and O–H groups in total. The van der Waals surface area contributed by atoms with E-state index in [1.165, 1.54) is 0 Å². The van der Waals surface area contributed by atoms with E-state index >= 15 is 0 Å². The average molecular weight is 325 g/mol. The molecule has 0 saturated carbocycles. The van der Waals surface area contributed by atoms with Crippen LogP contribution in [-0.2, 0) is 4.79 Å². The summed E-state index contributed by atoms with van der Waals surface area (Å²) in [4.78, 5) is 24.8. The van der Waals surface area contributed by atoms with E-state index in [0.717, 1.165) is 12.8 Å². The van der Waals surface area contributed by atoms with Gasteiger partial charge in [-0.3, -0.25) is 9.59 Å². The Morgan fingerprint density at radius 1 is 0.917 bits per heavy atom. The van der Waals surface area contributed by atoms with Crippen molar-refractivity contribution in [2.24, 2.45) is 5.73 Å². The first kappa shape index (κ1) is 17.7.